The molecule has 0 radical (unpaired) electrons. The molecule has 2 amide bonds. The van der Waals surface area contributed by atoms with Crippen molar-refractivity contribution in [3.05, 3.63) is 64.2 Å². The summed E-state index contributed by atoms with van der Waals surface area (Å²) in [5.41, 5.74) is 0.0997. The van der Waals surface area contributed by atoms with Gasteiger partial charge >= 0.3 is 0 Å². The topological polar surface area (TPSA) is 139 Å². The number of benzene rings is 2. The number of hydrogen-bond acceptors (Lipinski definition) is 6. The second-order valence-corrected chi connectivity index (χ2v) is 9.03. The van der Waals surface area contributed by atoms with Gasteiger partial charge in [0, 0.05) is 18.2 Å². The first-order chi connectivity index (χ1) is 14.4. The van der Waals surface area contributed by atoms with Crippen LogP contribution in [0, 0.1) is 10.1 Å². The van der Waals surface area contributed by atoms with E-state index in [1.807, 2.05) is 0 Å². The molecule has 0 aromatic heterocycles. The van der Waals surface area contributed by atoms with Gasteiger partial charge in [-0.05, 0) is 39.0 Å². The molecule has 0 saturated carbocycles. The number of hydrogen-bond donors (Lipinski definition) is 2. The number of amides is 2. The number of carbonyl (C=O) groups excluding carboxylic acids is 2. The summed E-state index contributed by atoms with van der Waals surface area (Å²) in [5, 5.41) is 16.4. The second kappa shape index (κ2) is 9.56. The van der Waals surface area contributed by atoms with Gasteiger partial charge < -0.3 is 10.6 Å². The number of sulfonamides is 1. The van der Waals surface area contributed by atoms with E-state index in [2.05, 4.69) is 10.6 Å². The van der Waals surface area contributed by atoms with Crippen molar-refractivity contribution < 1.29 is 22.9 Å². The molecule has 31 heavy (non-hydrogen) atoms. The third-order valence-electron chi connectivity index (χ3n) is 4.23. The monoisotopic (exact) mass is 448 g/mol. The zero-order valence-corrected chi connectivity index (χ0v) is 18.3. The van der Waals surface area contributed by atoms with Crippen LogP contribution >= 0.6 is 0 Å². The van der Waals surface area contributed by atoms with Crippen molar-refractivity contribution in [2.45, 2.75) is 32.9 Å². The Bertz CT molecular complexity index is 1100. The number of anilines is 2. The quantitative estimate of drug-likeness (QED) is 0.470. The summed E-state index contributed by atoms with van der Waals surface area (Å²) in [5.74, 6) is -1.10. The van der Waals surface area contributed by atoms with E-state index < -0.39 is 32.8 Å². The van der Waals surface area contributed by atoms with Gasteiger partial charge in [0.15, 0.2) is 0 Å². The summed E-state index contributed by atoms with van der Waals surface area (Å²) in [6.07, 6.45) is 0.902. The van der Waals surface area contributed by atoms with E-state index in [-0.39, 0.29) is 28.7 Å². The van der Waals surface area contributed by atoms with Gasteiger partial charge in [0.2, 0.25) is 15.9 Å². The van der Waals surface area contributed by atoms with E-state index in [0.717, 1.165) is 16.6 Å². The van der Waals surface area contributed by atoms with Crippen molar-refractivity contribution in [1.29, 1.82) is 0 Å². The number of nitro groups is 1. The molecule has 2 rings (SSSR count). The average Bonchev–Trinajstić information content (AvgIpc) is 2.67. The molecule has 0 heterocycles. The van der Waals surface area contributed by atoms with Crippen LogP contribution in [0.15, 0.2) is 48.5 Å². The van der Waals surface area contributed by atoms with E-state index in [1.54, 1.807) is 26.0 Å². The first kappa shape index (κ1) is 23.8. The van der Waals surface area contributed by atoms with Gasteiger partial charge in [-0.2, -0.15) is 0 Å². The van der Waals surface area contributed by atoms with E-state index in [0.29, 0.717) is 0 Å². The van der Waals surface area contributed by atoms with Gasteiger partial charge in [0.25, 0.3) is 11.6 Å². The number of para-hydroxylation sites is 1. The number of non-ortho nitro benzene ring substituents is 1. The summed E-state index contributed by atoms with van der Waals surface area (Å²) in [7, 11) is -3.97. The van der Waals surface area contributed by atoms with Crippen LogP contribution in [0.4, 0.5) is 17.1 Å². The fraction of sp³-hybridized carbons (Fsp3) is 0.300. The Morgan fingerprint density at radius 3 is 2.29 bits per heavy atom. The van der Waals surface area contributed by atoms with Crippen LogP contribution in [0.5, 0.6) is 0 Å². The van der Waals surface area contributed by atoms with Crippen molar-refractivity contribution in [3.63, 3.8) is 0 Å². The highest BCUT2D eigenvalue weighted by Gasteiger charge is 2.30. The molecule has 0 aliphatic rings. The molecule has 0 aliphatic carbocycles. The lowest BCUT2D eigenvalue weighted by atomic mass is 10.1. The molecule has 11 heteroatoms. The maximum Gasteiger partial charge on any atom is 0.271 e. The normalized spacial score (nSPS) is 12.2. The standard InChI is InChI=1S/C20H24N4O6S/c1-13(2)21-20(26)17-10-5-6-11-18(17)22-19(25)14(3)23(31(4,29)30)15-8-7-9-16(12-15)24(27)28/h5-14H,1-4H3,(H,21,26)(H,22,25)/t14-/m0/s1. The van der Waals surface area contributed by atoms with Gasteiger partial charge in [-0.1, -0.05) is 18.2 Å². The Balaban J connectivity index is 2.37. The van der Waals surface area contributed by atoms with Gasteiger partial charge in [-0.15, -0.1) is 0 Å². The van der Waals surface area contributed by atoms with Crippen molar-refractivity contribution >= 4 is 38.9 Å². The highest BCUT2D eigenvalue weighted by Crippen LogP contribution is 2.26. The Morgan fingerprint density at radius 2 is 1.71 bits per heavy atom. The minimum Gasteiger partial charge on any atom is -0.350 e. The molecule has 0 unspecified atom stereocenters. The molecule has 0 saturated heterocycles. The molecular weight excluding hydrogens is 424 g/mol. The molecule has 0 spiro atoms. The first-order valence-corrected chi connectivity index (χ1v) is 11.2. The van der Waals surface area contributed by atoms with Crippen molar-refractivity contribution in [3.8, 4) is 0 Å². The first-order valence-electron chi connectivity index (χ1n) is 9.36. The molecule has 0 aliphatic heterocycles. The summed E-state index contributed by atoms with van der Waals surface area (Å²) in [6.45, 7) is 4.94. The predicted molar refractivity (Wildman–Crippen MR) is 118 cm³/mol. The maximum absolute atomic E-state index is 12.9. The van der Waals surface area contributed by atoms with Crippen LogP contribution < -0.4 is 14.9 Å². The zero-order chi connectivity index (χ0) is 23.3. The third-order valence-corrected chi connectivity index (χ3v) is 5.47. The molecular formula is C20H24N4O6S. The fourth-order valence-corrected chi connectivity index (χ4v) is 4.09. The average molecular weight is 449 g/mol. The number of nitro benzene ring substituents is 1. The van der Waals surface area contributed by atoms with E-state index in [1.165, 1.54) is 37.3 Å². The lowest BCUT2D eigenvalue weighted by molar-refractivity contribution is -0.384. The molecule has 10 nitrogen and oxygen atoms in total. The van der Waals surface area contributed by atoms with Crippen molar-refractivity contribution in [2.24, 2.45) is 0 Å². The smallest absolute Gasteiger partial charge is 0.271 e. The predicted octanol–water partition coefficient (Wildman–Crippen LogP) is 2.53. The highest BCUT2D eigenvalue weighted by atomic mass is 32.2. The Labute approximate surface area is 180 Å². The minimum absolute atomic E-state index is 0.0230. The summed E-state index contributed by atoms with van der Waals surface area (Å²) >= 11 is 0. The second-order valence-electron chi connectivity index (χ2n) is 7.17. The van der Waals surface area contributed by atoms with Gasteiger partial charge in [0.05, 0.1) is 28.1 Å². The number of rotatable bonds is 8. The van der Waals surface area contributed by atoms with Crippen LogP contribution in [0.25, 0.3) is 0 Å². The third kappa shape index (κ3) is 6.01. The largest absolute Gasteiger partial charge is 0.350 e. The SMILES string of the molecule is CC(C)NC(=O)c1ccccc1NC(=O)[C@H](C)N(c1cccc([N+](=O)[O-])c1)S(C)(=O)=O. The Kier molecular flexibility index (Phi) is 7.34. The summed E-state index contributed by atoms with van der Waals surface area (Å²) in [6, 6.07) is 9.95. The maximum atomic E-state index is 12.9. The summed E-state index contributed by atoms with van der Waals surface area (Å²) in [4.78, 5) is 35.7. The fourth-order valence-electron chi connectivity index (χ4n) is 2.92. The summed E-state index contributed by atoms with van der Waals surface area (Å²) < 4.78 is 25.6. The van der Waals surface area contributed by atoms with E-state index in [4.69, 9.17) is 0 Å². The van der Waals surface area contributed by atoms with Gasteiger partial charge in [0.1, 0.15) is 6.04 Å². The number of carbonyl (C=O) groups is 2. The lowest BCUT2D eigenvalue weighted by Crippen LogP contribution is -2.45. The lowest BCUT2D eigenvalue weighted by Gasteiger charge is -2.28. The Hall–Kier alpha value is -3.47. The van der Waals surface area contributed by atoms with Crippen molar-refractivity contribution in [2.75, 3.05) is 15.9 Å². The molecule has 0 fully saturated rings. The zero-order valence-electron chi connectivity index (χ0n) is 17.5. The highest BCUT2D eigenvalue weighted by molar-refractivity contribution is 7.92. The van der Waals surface area contributed by atoms with Crippen LogP contribution in [0.2, 0.25) is 0 Å². The molecule has 2 aromatic carbocycles. The Morgan fingerprint density at radius 1 is 1.06 bits per heavy atom. The van der Waals surface area contributed by atoms with E-state index >= 15 is 0 Å². The number of nitrogens with zero attached hydrogens (tertiary/aromatic N) is 2. The molecule has 0 bridgehead atoms. The van der Waals surface area contributed by atoms with Crippen LogP contribution in [-0.2, 0) is 14.8 Å². The van der Waals surface area contributed by atoms with Crippen LogP contribution in [0.3, 0.4) is 0 Å². The van der Waals surface area contributed by atoms with Crippen LogP contribution in [-0.4, -0.2) is 43.5 Å². The minimum atomic E-state index is -3.97. The molecule has 1 atom stereocenters. The molecule has 2 aromatic rings. The van der Waals surface area contributed by atoms with E-state index in [9.17, 15) is 28.1 Å². The van der Waals surface area contributed by atoms with Gasteiger partial charge in [-0.3, -0.25) is 24.0 Å². The van der Waals surface area contributed by atoms with Crippen LogP contribution in [0.1, 0.15) is 31.1 Å². The molecule has 166 valence electrons. The number of nitrogens with one attached hydrogen (secondary N) is 2. The molecule has 2 N–H and O–H groups in total. The van der Waals surface area contributed by atoms with Crippen molar-refractivity contribution in [1.82, 2.24) is 5.32 Å². The van der Waals surface area contributed by atoms with Gasteiger partial charge in [-0.25, -0.2) is 8.42 Å².